The van der Waals surface area contributed by atoms with Gasteiger partial charge in [-0.05, 0) is 25.7 Å². The maximum Gasteiger partial charge on any atom is 0.328 e. The number of methoxy groups -OCH3 is 1. The van der Waals surface area contributed by atoms with Crippen LogP contribution in [-0.2, 0) is 28.7 Å². The van der Waals surface area contributed by atoms with Gasteiger partial charge in [-0.1, -0.05) is 24.6 Å². The number of carboxylic acid groups (broad SMARTS) is 2. The molecule has 2 aliphatic rings. The molecule has 154 valence electrons. The molecule has 0 aromatic heterocycles. The number of hydrogen-bond acceptors (Lipinski definition) is 6. The predicted octanol–water partition coefficient (Wildman–Crippen LogP) is 2.19. The van der Waals surface area contributed by atoms with Crippen LogP contribution in [0.15, 0.2) is 23.8 Å². The maximum absolute atomic E-state index is 13.0. The highest BCUT2D eigenvalue weighted by molar-refractivity contribution is 5.87. The lowest BCUT2D eigenvalue weighted by Gasteiger charge is -2.49. The second-order valence-electron chi connectivity index (χ2n) is 7.67. The molecule has 2 rings (SSSR count). The number of fused-ring (bicyclic) bond motifs is 1. The Balaban J connectivity index is 2.53. The van der Waals surface area contributed by atoms with E-state index in [4.69, 9.17) is 14.6 Å². The van der Waals surface area contributed by atoms with E-state index in [1.54, 1.807) is 13.8 Å². The van der Waals surface area contributed by atoms with Gasteiger partial charge in [0.1, 0.15) is 6.10 Å². The van der Waals surface area contributed by atoms with Gasteiger partial charge in [-0.25, -0.2) is 4.79 Å². The third kappa shape index (κ3) is 3.81. The van der Waals surface area contributed by atoms with Crippen LogP contribution >= 0.6 is 0 Å². The Labute approximate surface area is 163 Å². The van der Waals surface area contributed by atoms with Crippen molar-refractivity contribution in [3.05, 3.63) is 23.8 Å². The molecule has 0 spiro atoms. The number of hydrogen-bond donors (Lipinski definition) is 2. The van der Waals surface area contributed by atoms with Crippen LogP contribution in [0.5, 0.6) is 0 Å². The Hall–Kier alpha value is -2.64. The smallest absolute Gasteiger partial charge is 0.328 e. The van der Waals surface area contributed by atoms with E-state index in [1.807, 2.05) is 0 Å². The van der Waals surface area contributed by atoms with Gasteiger partial charge >= 0.3 is 23.9 Å². The SMILES string of the molecule is C=C1CC2OC(=O)C(C)C2C(CC(=O)O)(C(=O)OC)C1CCC(C)=CC(=O)O. The molecule has 1 aliphatic carbocycles. The van der Waals surface area contributed by atoms with E-state index in [9.17, 15) is 24.3 Å². The molecule has 0 bridgehead atoms. The fourth-order valence-electron chi connectivity index (χ4n) is 4.89. The molecule has 0 aromatic rings. The molecule has 0 amide bonds. The molecule has 0 aromatic carbocycles. The molecule has 0 radical (unpaired) electrons. The molecule has 8 heteroatoms. The largest absolute Gasteiger partial charge is 0.481 e. The fraction of sp³-hybridized carbons (Fsp3) is 0.600. The first-order valence-electron chi connectivity index (χ1n) is 9.13. The number of aliphatic carboxylic acids is 2. The molecular formula is C20H26O8. The van der Waals surface area contributed by atoms with Gasteiger partial charge in [0.2, 0.25) is 0 Å². The van der Waals surface area contributed by atoms with E-state index in [0.29, 0.717) is 30.4 Å². The van der Waals surface area contributed by atoms with Gasteiger partial charge in [0.05, 0.1) is 24.9 Å². The first-order chi connectivity index (χ1) is 13.0. The Morgan fingerprint density at radius 3 is 2.54 bits per heavy atom. The van der Waals surface area contributed by atoms with E-state index >= 15 is 0 Å². The molecule has 5 unspecified atom stereocenters. The number of esters is 2. The zero-order valence-electron chi connectivity index (χ0n) is 16.3. The van der Waals surface area contributed by atoms with Crippen molar-refractivity contribution in [3.63, 3.8) is 0 Å². The second kappa shape index (κ2) is 8.16. The van der Waals surface area contributed by atoms with Crippen molar-refractivity contribution in [3.8, 4) is 0 Å². The number of allylic oxidation sites excluding steroid dienone is 1. The molecule has 2 N–H and O–H groups in total. The van der Waals surface area contributed by atoms with Crippen LogP contribution in [0.4, 0.5) is 0 Å². The van der Waals surface area contributed by atoms with Crippen molar-refractivity contribution < 1.29 is 38.9 Å². The van der Waals surface area contributed by atoms with Crippen LogP contribution in [0, 0.1) is 23.2 Å². The molecule has 1 saturated heterocycles. The minimum atomic E-state index is -1.50. The predicted molar refractivity (Wildman–Crippen MR) is 97.1 cm³/mol. The van der Waals surface area contributed by atoms with E-state index in [2.05, 4.69) is 6.58 Å². The van der Waals surface area contributed by atoms with Crippen molar-refractivity contribution in [1.82, 2.24) is 0 Å². The monoisotopic (exact) mass is 394 g/mol. The molecule has 1 aliphatic heterocycles. The van der Waals surface area contributed by atoms with Crippen molar-refractivity contribution in [1.29, 1.82) is 0 Å². The summed E-state index contributed by atoms with van der Waals surface area (Å²) in [5, 5.41) is 18.5. The summed E-state index contributed by atoms with van der Waals surface area (Å²) in [5.74, 6) is -5.32. The Morgan fingerprint density at radius 2 is 2.00 bits per heavy atom. The Bertz CT molecular complexity index is 736. The minimum absolute atomic E-state index is 0.320. The van der Waals surface area contributed by atoms with Crippen LogP contribution in [0.2, 0.25) is 0 Å². The molecule has 2 fully saturated rings. The lowest BCUT2D eigenvalue weighted by molar-refractivity contribution is -0.173. The van der Waals surface area contributed by atoms with E-state index < -0.39 is 59.6 Å². The zero-order valence-corrected chi connectivity index (χ0v) is 16.3. The van der Waals surface area contributed by atoms with Crippen LogP contribution in [-0.4, -0.2) is 47.3 Å². The number of ether oxygens (including phenoxy) is 2. The summed E-state index contributed by atoms with van der Waals surface area (Å²) >= 11 is 0. The molecule has 8 nitrogen and oxygen atoms in total. The quantitative estimate of drug-likeness (QED) is 0.382. The summed E-state index contributed by atoms with van der Waals surface area (Å²) in [4.78, 5) is 47.8. The molecule has 1 saturated carbocycles. The minimum Gasteiger partial charge on any atom is -0.481 e. The summed E-state index contributed by atoms with van der Waals surface area (Å²) in [6.07, 6.45) is 0.936. The van der Waals surface area contributed by atoms with Crippen molar-refractivity contribution in [2.24, 2.45) is 23.2 Å². The fourth-order valence-corrected chi connectivity index (χ4v) is 4.89. The van der Waals surface area contributed by atoms with Crippen molar-refractivity contribution >= 4 is 23.9 Å². The molecule has 1 heterocycles. The Kier molecular flexibility index (Phi) is 6.31. The van der Waals surface area contributed by atoms with Crippen LogP contribution in [0.1, 0.15) is 39.5 Å². The van der Waals surface area contributed by atoms with E-state index in [0.717, 1.165) is 6.08 Å². The van der Waals surface area contributed by atoms with Gasteiger partial charge in [-0.15, -0.1) is 0 Å². The summed E-state index contributed by atoms with van der Waals surface area (Å²) in [7, 11) is 1.19. The highest BCUT2D eigenvalue weighted by Crippen LogP contribution is 2.58. The molecule has 28 heavy (non-hydrogen) atoms. The normalized spacial score (nSPS) is 32.5. The van der Waals surface area contributed by atoms with Gasteiger partial charge in [-0.3, -0.25) is 14.4 Å². The first-order valence-corrected chi connectivity index (χ1v) is 9.13. The number of rotatable bonds is 7. The first kappa shape index (κ1) is 21.7. The van der Waals surface area contributed by atoms with E-state index in [-0.39, 0.29) is 0 Å². The van der Waals surface area contributed by atoms with Crippen LogP contribution < -0.4 is 0 Å². The van der Waals surface area contributed by atoms with Gasteiger partial charge in [-0.2, -0.15) is 0 Å². The van der Waals surface area contributed by atoms with E-state index in [1.165, 1.54) is 7.11 Å². The summed E-state index contributed by atoms with van der Waals surface area (Å²) in [6, 6.07) is 0. The van der Waals surface area contributed by atoms with Crippen LogP contribution in [0.3, 0.4) is 0 Å². The lowest BCUT2D eigenvalue weighted by Crippen LogP contribution is -2.55. The lowest BCUT2D eigenvalue weighted by atomic mass is 9.53. The second-order valence-corrected chi connectivity index (χ2v) is 7.67. The van der Waals surface area contributed by atoms with Crippen LogP contribution in [0.25, 0.3) is 0 Å². The third-order valence-electron chi connectivity index (χ3n) is 5.96. The summed E-state index contributed by atoms with van der Waals surface area (Å²) in [5.41, 5.74) is -0.309. The number of carbonyl (C=O) groups is 4. The molecule has 5 atom stereocenters. The number of carbonyl (C=O) groups excluding carboxylic acids is 2. The average Bonchev–Trinajstić information content (AvgIpc) is 2.86. The van der Waals surface area contributed by atoms with Gasteiger partial charge in [0.15, 0.2) is 0 Å². The summed E-state index contributed by atoms with van der Waals surface area (Å²) < 4.78 is 10.4. The Morgan fingerprint density at radius 1 is 1.36 bits per heavy atom. The zero-order chi connectivity index (χ0) is 21.2. The summed E-state index contributed by atoms with van der Waals surface area (Å²) in [6.45, 7) is 7.33. The average molecular weight is 394 g/mol. The maximum atomic E-state index is 13.0. The number of carboxylic acids is 2. The highest BCUT2D eigenvalue weighted by Gasteiger charge is 2.65. The van der Waals surface area contributed by atoms with Gasteiger partial charge in [0, 0.05) is 18.4 Å². The van der Waals surface area contributed by atoms with Crippen molar-refractivity contribution in [2.75, 3.05) is 7.11 Å². The van der Waals surface area contributed by atoms with Gasteiger partial charge in [0.25, 0.3) is 0 Å². The topological polar surface area (TPSA) is 127 Å². The molecular weight excluding hydrogens is 368 g/mol. The van der Waals surface area contributed by atoms with Gasteiger partial charge < -0.3 is 19.7 Å². The van der Waals surface area contributed by atoms with Crippen molar-refractivity contribution in [2.45, 2.75) is 45.6 Å². The third-order valence-corrected chi connectivity index (χ3v) is 5.96. The highest BCUT2D eigenvalue weighted by atomic mass is 16.6. The standard InChI is InChI=1S/C20H26O8/c1-10(7-15(21)22)5-6-13-11(2)8-14-17(12(3)18(25)28-14)20(13,9-16(23)24)19(26)27-4/h7,12-14,17H,2,5-6,8-9H2,1,3-4H3,(H,21,22)(H,23,24).